The van der Waals surface area contributed by atoms with Crippen molar-refractivity contribution < 1.29 is 17.7 Å². The highest BCUT2D eigenvalue weighted by molar-refractivity contribution is 5.91. The van der Waals surface area contributed by atoms with Crippen molar-refractivity contribution in [2.45, 2.75) is 0 Å². The molecular weight excluding hydrogens is 312 g/mol. The van der Waals surface area contributed by atoms with E-state index in [1.54, 1.807) is 24.3 Å². The van der Waals surface area contributed by atoms with Gasteiger partial charge in [-0.05, 0) is 6.07 Å². The van der Waals surface area contributed by atoms with Gasteiger partial charge in [0.05, 0.1) is 0 Å². The third kappa shape index (κ3) is 1.51. The molecule has 114 valence electrons. The summed E-state index contributed by atoms with van der Waals surface area (Å²) < 4.78 is 22.0. The van der Waals surface area contributed by atoms with Crippen LogP contribution in [0.2, 0.25) is 0 Å². The number of nitrogens with zero attached hydrogens (tertiary/aromatic N) is 4. The fourth-order valence-corrected chi connectivity index (χ4v) is 2.74. The first-order valence-electron chi connectivity index (χ1n) is 7.11. The second-order valence-corrected chi connectivity index (χ2v) is 5.32. The van der Waals surface area contributed by atoms with Crippen molar-refractivity contribution in [2.24, 2.45) is 0 Å². The third-order valence-corrected chi connectivity index (χ3v) is 3.86. The number of hydrogen-bond donors (Lipinski definition) is 0. The van der Waals surface area contributed by atoms with E-state index in [0.29, 0.717) is 56.2 Å². The maximum atomic E-state index is 5.75. The summed E-state index contributed by atoms with van der Waals surface area (Å²) in [5.41, 5.74) is 5.16. The summed E-state index contributed by atoms with van der Waals surface area (Å²) in [6, 6.07) is 7.07. The van der Waals surface area contributed by atoms with E-state index < -0.39 is 0 Å². The molecule has 4 aromatic heterocycles. The van der Waals surface area contributed by atoms with Crippen molar-refractivity contribution in [1.82, 2.24) is 19.9 Å². The summed E-state index contributed by atoms with van der Waals surface area (Å²) in [4.78, 5) is 17.0. The zero-order chi connectivity index (χ0) is 15.7. The Morgan fingerprint density at radius 1 is 0.542 bits per heavy atom. The highest BCUT2D eigenvalue weighted by Crippen LogP contribution is 2.30. The van der Waals surface area contributed by atoms with Crippen LogP contribution in [0.15, 0.2) is 54.7 Å². The SMILES string of the molecule is c1nc2cc3oc(-c4nc5cc6ncoc6cc5o4)nc3cc2o1. The van der Waals surface area contributed by atoms with Crippen LogP contribution >= 0.6 is 0 Å². The van der Waals surface area contributed by atoms with Crippen molar-refractivity contribution in [3.8, 4) is 11.8 Å². The molecule has 0 aliphatic carbocycles. The summed E-state index contributed by atoms with van der Waals surface area (Å²) >= 11 is 0. The molecule has 0 bridgehead atoms. The molecule has 0 radical (unpaired) electrons. The standard InChI is InChI=1S/C16H6N4O4/c1-7-12(22-5-17-7)4-14-9(1)19-15(24-14)16-20-10-3-11-8(18-6-21-11)2-13(10)23-16/h1-6H. The van der Waals surface area contributed by atoms with Crippen LogP contribution in [0.4, 0.5) is 0 Å². The van der Waals surface area contributed by atoms with Crippen LogP contribution in [-0.2, 0) is 0 Å². The molecule has 0 N–H and O–H groups in total. The zero-order valence-electron chi connectivity index (χ0n) is 11.9. The summed E-state index contributed by atoms with van der Waals surface area (Å²) in [6.45, 7) is 0. The van der Waals surface area contributed by atoms with E-state index in [2.05, 4.69) is 19.9 Å². The number of rotatable bonds is 1. The first-order chi connectivity index (χ1) is 11.8. The average molecular weight is 318 g/mol. The Hall–Kier alpha value is -3.68. The second kappa shape index (κ2) is 3.99. The topological polar surface area (TPSA) is 104 Å². The van der Waals surface area contributed by atoms with Crippen LogP contribution in [0.5, 0.6) is 0 Å². The maximum absolute atomic E-state index is 5.75. The van der Waals surface area contributed by atoms with E-state index in [-0.39, 0.29) is 0 Å². The Morgan fingerprint density at radius 2 is 1.08 bits per heavy atom. The molecule has 0 aliphatic heterocycles. The maximum Gasteiger partial charge on any atom is 0.284 e. The summed E-state index contributed by atoms with van der Waals surface area (Å²) in [5.74, 6) is 0.580. The van der Waals surface area contributed by atoms with E-state index in [1.807, 2.05) is 0 Å². The summed E-state index contributed by atoms with van der Waals surface area (Å²) in [6.07, 6.45) is 2.77. The lowest BCUT2D eigenvalue weighted by molar-refractivity contribution is 0.549. The Balaban J connectivity index is 1.58. The van der Waals surface area contributed by atoms with E-state index in [4.69, 9.17) is 17.7 Å². The fourth-order valence-electron chi connectivity index (χ4n) is 2.74. The van der Waals surface area contributed by atoms with Gasteiger partial charge in [-0.3, -0.25) is 0 Å². The molecule has 6 aromatic rings. The number of hydrogen-bond acceptors (Lipinski definition) is 8. The Bertz CT molecular complexity index is 1170. The fraction of sp³-hybridized carbons (Fsp3) is 0. The van der Waals surface area contributed by atoms with Gasteiger partial charge in [0.15, 0.2) is 35.1 Å². The molecule has 4 heterocycles. The van der Waals surface area contributed by atoms with Crippen molar-refractivity contribution in [1.29, 1.82) is 0 Å². The van der Waals surface area contributed by atoms with Crippen LogP contribution in [0.3, 0.4) is 0 Å². The van der Waals surface area contributed by atoms with Gasteiger partial charge in [-0.25, -0.2) is 19.9 Å². The minimum absolute atomic E-state index is 0.290. The molecular formula is C16H6N4O4. The molecule has 0 unspecified atom stereocenters. The minimum Gasteiger partial charge on any atom is -0.443 e. The first-order valence-corrected chi connectivity index (χ1v) is 7.11. The van der Waals surface area contributed by atoms with Crippen LogP contribution in [0.1, 0.15) is 0 Å². The van der Waals surface area contributed by atoms with Crippen LogP contribution < -0.4 is 0 Å². The molecule has 24 heavy (non-hydrogen) atoms. The lowest BCUT2D eigenvalue weighted by atomic mass is 10.3. The Labute approximate surface area is 131 Å². The van der Waals surface area contributed by atoms with Crippen LogP contribution in [0, 0.1) is 0 Å². The van der Waals surface area contributed by atoms with Gasteiger partial charge in [-0.1, -0.05) is 0 Å². The summed E-state index contributed by atoms with van der Waals surface area (Å²) in [7, 11) is 0. The van der Waals surface area contributed by atoms with E-state index in [9.17, 15) is 0 Å². The highest BCUT2D eigenvalue weighted by atomic mass is 16.4. The number of aromatic nitrogens is 4. The van der Waals surface area contributed by atoms with Crippen molar-refractivity contribution in [3.63, 3.8) is 0 Å². The molecule has 0 amide bonds. The van der Waals surface area contributed by atoms with E-state index >= 15 is 0 Å². The monoisotopic (exact) mass is 318 g/mol. The second-order valence-electron chi connectivity index (χ2n) is 5.32. The molecule has 0 spiro atoms. The molecule has 6 rings (SSSR count). The van der Waals surface area contributed by atoms with Gasteiger partial charge in [0.25, 0.3) is 11.8 Å². The number of oxazole rings is 4. The minimum atomic E-state index is 0.290. The van der Waals surface area contributed by atoms with Gasteiger partial charge in [-0.15, -0.1) is 0 Å². The molecule has 0 aliphatic rings. The molecule has 8 nitrogen and oxygen atoms in total. The average Bonchev–Trinajstić information content (AvgIpc) is 3.33. The largest absolute Gasteiger partial charge is 0.443 e. The Morgan fingerprint density at radius 3 is 1.83 bits per heavy atom. The van der Waals surface area contributed by atoms with E-state index in [1.165, 1.54) is 12.8 Å². The van der Waals surface area contributed by atoms with Crippen LogP contribution in [-0.4, -0.2) is 19.9 Å². The van der Waals surface area contributed by atoms with E-state index in [0.717, 1.165) is 0 Å². The van der Waals surface area contributed by atoms with Gasteiger partial charge in [-0.2, -0.15) is 0 Å². The molecule has 0 atom stereocenters. The van der Waals surface area contributed by atoms with Gasteiger partial charge in [0.1, 0.15) is 22.1 Å². The normalized spacial score (nSPS) is 12.2. The number of benzene rings is 2. The smallest absolute Gasteiger partial charge is 0.284 e. The molecule has 0 fully saturated rings. The van der Waals surface area contributed by atoms with Crippen molar-refractivity contribution in [2.75, 3.05) is 0 Å². The van der Waals surface area contributed by atoms with Gasteiger partial charge < -0.3 is 17.7 Å². The number of fused-ring (bicyclic) bond motifs is 4. The van der Waals surface area contributed by atoms with Gasteiger partial charge in [0.2, 0.25) is 0 Å². The lowest BCUT2D eigenvalue weighted by Crippen LogP contribution is -1.75. The Kier molecular flexibility index (Phi) is 1.97. The lowest BCUT2D eigenvalue weighted by Gasteiger charge is -1.85. The van der Waals surface area contributed by atoms with Crippen LogP contribution in [0.25, 0.3) is 56.2 Å². The molecule has 8 heteroatoms. The molecule has 0 saturated carbocycles. The first kappa shape index (κ1) is 11.8. The summed E-state index contributed by atoms with van der Waals surface area (Å²) in [5, 5.41) is 0. The van der Waals surface area contributed by atoms with Crippen molar-refractivity contribution >= 4 is 44.4 Å². The predicted octanol–water partition coefficient (Wildman–Crippen LogP) is 3.92. The molecule has 2 aromatic carbocycles. The quantitative estimate of drug-likeness (QED) is 0.449. The zero-order valence-corrected chi connectivity index (χ0v) is 11.9. The highest BCUT2D eigenvalue weighted by Gasteiger charge is 2.17. The van der Waals surface area contributed by atoms with Gasteiger partial charge in [0, 0.05) is 18.2 Å². The molecule has 0 saturated heterocycles. The third-order valence-electron chi connectivity index (χ3n) is 3.86. The van der Waals surface area contributed by atoms with Crippen molar-refractivity contribution in [3.05, 3.63) is 37.1 Å². The predicted molar refractivity (Wildman–Crippen MR) is 82.1 cm³/mol. The van der Waals surface area contributed by atoms with Gasteiger partial charge >= 0.3 is 0 Å².